The Morgan fingerprint density at radius 1 is 0.613 bits per heavy atom. The smallest absolute Gasteiger partial charge is 0.453 e. The van der Waals surface area contributed by atoms with Gasteiger partial charge in [-0.3, -0.25) is 4.79 Å². The highest BCUT2D eigenvalue weighted by Gasteiger charge is 2.28. The second-order valence-corrected chi connectivity index (χ2v) is 20.0. The summed E-state index contributed by atoms with van der Waals surface area (Å²) in [5.41, 5.74) is 13.2. The van der Waals surface area contributed by atoms with Gasteiger partial charge in [-0.15, -0.1) is 0 Å². The van der Waals surface area contributed by atoms with Gasteiger partial charge < -0.3 is 26.7 Å². The van der Waals surface area contributed by atoms with Gasteiger partial charge in [-0.05, 0) is 122 Å². The van der Waals surface area contributed by atoms with Crippen LogP contribution in [0.15, 0.2) is 196 Å². The lowest BCUT2D eigenvalue weighted by molar-refractivity contribution is 0.0980. The molecule has 9 heteroatoms. The first kappa shape index (κ1) is 46.0. The predicted molar refractivity (Wildman–Crippen MR) is 309 cm³/mol. The molecule has 0 amide bonds. The van der Waals surface area contributed by atoms with E-state index in [1.807, 2.05) is 104 Å². The molecule has 0 bridgehead atoms. The van der Waals surface area contributed by atoms with E-state index in [0.29, 0.717) is 58.1 Å². The Labute approximate surface area is 434 Å². The minimum atomic E-state index is -2.15. The number of benzene rings is 10. The van der Waals surface area contributed by atoms with Gasteiger partial charge in [0.1, 0.15) is 34.2 Å². The summed E-state index contributed by atoms with van der Waals surface area (Å²) in [4.78, 5) is 14.7. The lowest BCUT2D eigenvalue weighted by Gasteiger charge is -2.22. The molecule has 0 saturated carbocycles. The van der Waals surface area contributed by atoms with Crippen molar-refractivity contribution in [3.8, 4) is 45.3 Å². The second kappa shape index (κ2) is 19.6. The van der Waals surface area contributed by atoms with Crippen molar-refractivity contribution in [1.29, 1.82) is 0 Å². The third-order valence-corrected chi connectivity index (χ3v) is 15.7. The van der Waals surface area contributed by atoms with Gasteiger partial charge >= 0.3 is 8.24 Å². The Balaban J connectivity index is 1.02. The molecular weight excluding hydrogens is 967 g/mol. The van der Waals surface area contributed by atoms with E-state index in [1.54, 1.807) is 7.11 Å². The third-order valence-electron chi connectivity index (χ3n) is 14.1. The van der Waals surface area contributed by atoms with Crippen molar-refractivity contribution in [2.24, 2.45) is 0 Å². The van der Waals surface area contributed by atoms with E-state index in [4.69, 9.17) is 26.7 Å². The van der Waals surface area contributed by atoms with Crippen LogP contribution in [0.25, 0.3) is 111 Å². The molecule has 75 heavy (non-hydrogen) atoms. The molecule has 0 N–H and O–H groups in total. The van der Waals surface area contributed by atoms with Crippen molar-refractivity contribution in [3.63, 3.8) is 0 Å². The number of hydrogen-bond acceptors (Lipinski definition) is 7. The molecule has 0 saturated heterocycles. The number of rotatable bonds is 12. The van der Waals surface area contributed by atoms with E-state index in [-0.39, 0.29) is 5.78 Å². The Hall–Kier alpha value is -8.78. The maximum Gasteiger partial charge on any atom is 0.453 e. The first-order chi connectivity index (χ1) is 37.0. The second-order valence-electron chi connectivity index (χ2n) is 18.5. The number of methoxy groups -OCH3 is 1. The number of allylic oxidation sites excluding steroid dienone is 3. The molecule has 11 aromatic rings. The number of carbonyl (C=O) groups excluding carboxylic acids is 1. The normalized spacial score (nSPS) is 12.6. The van der Waals surface area contributed by atoms with Crippen molar-refractivity contribution in [1.82, 2.24) is 0 Å². The number of hydrogen-bond donors (Lipinski definition) is 0. The van der Waals surface area contributed by atoms with Gasteiger partial charge in [0.25, 0.3) is 9.03 Å². The number of ether oxygens (including phenoxy) is 1. The Bertz CT molecular complexity index is 4420. The van der Waals surface area contributed by atoms with Crippen LogP contribution in [0, 0.1) is 0 Å². The lowest BCUT2D eigenvalue weighted by Crippen LogP contribution is -2.27. The fraction of sp³-hybridized carbons (Fsp3) is 0.0758. The molecule has 1 heterocycles. The number of Topliss-reactive ketones (excluding diaryl/α,β-unsaturated/α-hetero) is 1. The van der Waals surface area contributed by atoms with Crippen LogP contribution in [0.5, 0.6) is 23.0 Å². The van der Waals surface area contributed by atoms with Crippen molar-refractivity contribution >= 4 is 112 Å². The van der Waals surface area contributed by atoms with Gasteiger partial charge in [-0.25, -0.2) is 0 Å². The third kappa shape index (κ3) is 8.21. The fourth-order valence-electron chi connectivity index (χ4n) is 10.7. The predicted octanol–water partition coefficient (Wildman–Crippen LogP) is 17.4. The van der Waals surface area contributed by atoms with Crippen LogP contribution in [0.4, 0.5) is 0 Å². The minimum Gasteiger partial charge on any atom is -0.496 e. The average Bonchev–Trinajstić information content (AvgIpc) is 3.80. The molecule has 2 aliphatic carbocycles. The standard InChI is InChI=1S/C66H46O7P2/c1-3-17-54(67)53-40-46-23-11-16-29-52(46)65(66(53)70-74-69-56-36-31-43-20-8-13-26-48(43)61(56)60-47-25-12-7-19-42(47)30-35-55(60)68-2)64-51-24-6-4-5-18-41(51)34-39-59(64)73-75-71-57-37-32-44-21-9-14-27-49(44)62(57)63-50-28-15-10-22-45(50)33-38-58(63)72-75/h5-7,9-16,18-19,21-40,74H,3-4,17H2,1-2H3. The SMILES string of the molecule is CCCC(=O)c1cc2ccccc2c(-c2c(Op3oc4ccc5ccccc5c4c4c(ccc5ccccc54)o3)ccc3c2C=CCC=C3)c1OPOc1ccc2c(c1-c1c(OC)ccc3ccccc13)=CC=C=C=2. The van der Waals surface area contributed by atoms with Gasteiger partial charge in [-0.2, -0.15) is 0 Å². The molecule has 1 aromatic heterocycles. The molecule has 10 aromatic carbocycles. The first-order valence-electron chi connectivity index (χ1n) is 25.0. The number of fused-ring (bicyclic) bond motifs is 11. The van der Waals surface area contributed by atoms with E-state index in [0.717, 1.165) is 98.5 Å². The van der Waals surface area contributed by atoms with Crippen LogP contribution in [0.3, 0.4) is 0 Å². The maximum atomic E-state index is 14.7. The van der Waals surface area contributed by atoms with Crippen molar-refractivity contribution in [2.75, 3.05) is 7.11 Å². The molecular formula is C66H46O7P2. The van der Waals surface area contributed by atoms with Crippen molar-refractivity contribution in [3.05, 3.63) is 215 Å². The van der Waals surface area contributed by atoms with Gasteiger partial charge in [-0.1, -0.05) is 164 Å². The molecule has 0 aliphatic heterocycles. The summed E-state index contributed by atoms with van der Waals surface area (Å²) in [6.45, 7) is 2.01. The zero-order valence-electron chi connectivity index (χ0n) is 41.0. The van der Waals surface area contributed by atoms with Crippen molar-refractivity contribution in [2.45, 2.75) is 26.2 Å². The van der Waals surface area contributed by atoms with Crippen molar-refractivity contribution < 1.29 is 31.5 Å². The fourth-order valence-corrected chi connectivity index (χ4v) is 12.4. The maximum absolute atomic E-state index is 14.7. The quantitative estimate of drug-likeness (QED) is 0.0685. The van der Waals surface area contributed by atoms with Crippen LogP contribution in [-0.4, -0.2) is 12.9 Å². The Kier molecular flexibility index (Phi) is 12.0. The summed E-state index contributed by atoms with van der Waals surface area (Å²) in [6, 6.07) is 55.2. The van der Waals surface area contributed by atoms with Gasteiger partial charge in [0.15, 0.2) is 5.78 Å². The molecule has 1 atom stereocenters. The summed E-state index contributed by atoms with van der Waals surface area (Å²) in [6.07, 6.45) is 14.1. The molecule has 1 unspecified atom stereocenters. The first-order valence-corrected chi connectivity index (χ1v) is 26.9. The van der Waals surface area contributed by atoms with Crippen LogP contribution >= 0.6 is 17.3 Å². The molecule has 0 fully saturated rings. The Morgan fingerprint density at radius 2 is 1.23 bits per heavy atom. The minimum absolute atomic E-state index is 0.0459. The average molecular weight is 1010 g/mol. The van der Waals surface area contributed by atoms with Gasteiger partial charge in [0, 0.05) is 49.9 Å². The van der Waals surface area contributed by atoms with E-state index in [1.165, 1.54) is 0 Å². The lowest BCUT2D eigenvalue weighted by atomic mass is 9.87. The van der Waals surface area contributed by atoms with Crippen LogP contribution in [-0.2, 0) is 0 Å². The summed E-state index contributed by atoms with van der Waals surface area (Å²) >= 11 is 0. The molecule has 7 nitrogen and oxygen atoms in total. The highest BCUT2D eigenvalue weighted by Crippen LogP contribution is 2.52. The van der Waals surface area contributed by atoms with E-state index >= 15 is 0 Å². The molecule has 362 valence electrons. The zero-order chi connectivity index (χ0) is 50.4. The van der Waals surface area contributed by atoms with Crippen LogP contribution < -0.4 is 28.7 Å². The number of ketones is 1. The van der Waals surface area contributed by atoms with E-state index in [2.05, 4.69) is 115 Å². The van der Waals surface area contributed by atoms with Gasteiger partial charge in [0.05, 0.1) is 12.7 Å². The Morgan fingerprint density at radius 3 is 1.93 bits per heavy atom. The summed E-state index contributed by atoms with van der Waals surface area (Å²) in [5.74, 6) is 2.12. The van der Waals surface area contributed by atoms with E-state index < -0.39 is 17.3 Å². The number of carbonyl (C=O) groups is 1. The van der Waals surface area contributed by atoms with Crippen LogP contribution in [0.1, 0.15) is 47.7 Å². The summed E-state index contributed by atoms with van der Waals surface area (Å²) in [7, 11) is -1.07. The monoisotopic (exact) mass is 1010 g/mol. The molecule has 0 spiro atoms. The van der Waals surface area contributed by atoms with Crippen LogP contribution in [0.2, 0.25) is 0 Å². The largest absolute Gasteiger partial charge is 0.496 e. The summed E-state index contributed by atoms with van der Waals surface area (Å²) < 4.78 is 41.3. The molecule has 2 aliphatic rings. The van der Waals surface area contributed by atoms with E-state index in [9.17, 15) is 4.79 Å². The molecule has 13 rings (SSSR count). The highest BCUT2D eigenvalue weighted by atomic mass is 31.1. The topological polar surface area (TPSA) is 80.3 Å². The molecule has 0 radical (unpaired) electrons. The summed E-state index contributed by atoms with van der Waals surface area (Å²) in [5, 5.41) is 11.8. The zero-order valence-corrected chi connectivity index (χ0v) is 42.9. The van der Waals surface area contributed by atoms with Gasteiger partial charge in [0.2, 0.25) is 0 Å². The highest BCUT2D eigenvalue weighted by molar-refractivity contribution is 7.32.